The van der Waals surface area contributed by atoms with Gasteiger partial charge in [-0.2, -0.15) is 17.6 Å². The molecule has 0 unspecified atom stereocenters. The van der Waals surface area contributed by atoms with E-state index < -0.39 is 23.3 Å². The fraction of sp³-hybridized carbons (Fsp3) is 0.294. The summed E-state index contributed by atoms with van der Waals surface area (Å²) in [6, 6.07) is 121. The minimum absolute atomic E-state index is 0.00125. The Hall–Kier alpha value is -13.7. The lowest BCUT2D eigenvalue weighted by atomic mass is 9.47. The molecule has 0 amide bonds. The van der Waals surface area contributed by atoms with Crippen molar-refractivity contribution >= 4 is 68.2 Å². The van der Waals surface area contributed by atoms with Gasteiger partial charge in [-0.25, -0.2) is 9.13 Å². The van der Waals surface area contributed by atoms with Crippen molar-refractivity contribution in [3.63, 3.8) is 0 Å². The third kappa shape index (κ3) is 17.1. The summed E-state index contributed by atoms with van der Waals surface area (Å²) in [5.74, 6) is -0.0957. The zero-order valence-electron chi connectivity index (χ0n) is 91.0. The number of benzene rings is 16. The maximum atomic E-state index is 15.8. The Morgan fingerprint density at radius 2 is 0.429 bits per heavy atom. The second-order valence-electron chi connectivity index (χ2n) is 46.5. The van der Waals surface area contributed by atoms with Crippen LogP contribution in [-0.4, -0.2) is 11.9 Å². The monoisotopic (exact) mass is 1960 g/mol. The molecule has 752 valence electrons. The normalized spacial score (nSPS) is 17.3. The van der Waals surface area contributed by atoms with Gasteiger partial charge in [0.1, 0.15) is 5.82 Å². The van der Waals surface area contributed by atoms with Crippen LogP contribution in [0.3, 0.4) is 0 Å². The van der Waals surface area contributed by atoms with E-state index in [1.54, 1.807) is 34.9 Å². The van der Waals surface area contributed by atoms with Crippen molar-refractivity contribution in [2.24, 2.45) is 16.2 Å². The van der Waals surface area contributed by atoms with Gasteiger partial charge >= 0.3 is 12.2 Å². The van der Waals surface area contributed by atoms with E-state index in [0.717, 1.165) is 79.6 Å². The van der Waals surface area contributed by atoms with Gasteiger partial charge in [0.25, 0.3) is 0 Å². The molecular weight excluding hydrogens is 1810 g/mol. The van der Waals surface area contributed by atoms with Gasteiger partial charge in [0.2, 0.25) is 0 Å². The molecule has 0 saturated carbocycles. The molecule has 0 bridgehead atoms. The van der Waals surface area contributed by atoms with E-state index in [1.165, 1.54) is 107 Å². The van der Waals surface area contributed by atoms with Crippen LogP contribution in [-0.2, 0) is 55.1 Å². The van der Waals surface area contributed by atoms with Crippen LogP contribution in [0.5, 0.6) is 0 Å². The van der Waals surface area contributed by atoms with Crippen molar-refractivity contribution in [1.82, 2.24) is 4.90 Å². The van der Waals surface area contributed by atoms with Crippen molar-refractivity contribution in [3.05, 3.63) is 452 Å². The Labute approximate surface area is 871 Å². The fourth-order valence-electron chi connectivity index (χ4n) is 24.7. The van der Waals surface area contributed by atoms with Crippen molar-refractivity contribution < 1.29 is 26.7 Å². The zero-order chi connectivity index (χ0) is 106. The summed E-state index contributed by atoms with van der Waals surface area (Å²) in [5, 5.41) is 0. The largest absolute Gasteiger partial charge is 0.388 e. The van der Waals surface area contributed by atoms with Crippen LogP contribution in [0.25, 0.3) is 44.5 Å². The first-order valence-corrected chi connectivity index (χ1v) is 51.9. The Morgan fingerprint density at radius 1 is 0.211 bits per heavy atom. The molecule has 0 N–H and O–H groups in total. The highest BCUT2D eigenvalue weighted by Gasteiger charge is 2.72. The van der Waals surface area contributed by atoms with Gasteiger partial charge in [-0.3, -0.25) is 4.90 Å². The number of aryl methyl sites for hydroxylation is 8. The summed E-state index contributed by atoms with van der Waals surface area (Å²) in [6.07, 6.45) is -8.05. The summed E-state index contributed by atoms with van der Waals surface area (Å²) in [6.45, 7) is 62.4. The molecule has 0 spiro atoms. The standard InChI is InChI=1S/C40H47N.C35H38FN.C33H36N2.C28H21F4NO/c1-26-16-12-14-18-33(26)41(34-19-15-13-17-27(34)2)30-22-20-28(21-23-30)29-24-31-35-32(25-29)37(5,6)39(9,10)40(35,11)38(7,8)36(31,3)4;1-23-13-9-11-15-30(23)37(31-16-12-10-14-24(31)2)27-19-17-25(18-20-27)26-21-28-32(29(36)22-26)34(5,6)35(7,8)33(28,3)4;1-23-12-8-10-14-30(23)35(31-15-11-9-13-24(31)2)27-19-16-25(17-20-27)26-18-21-28-29(22-26)33(5,6)34(7)32(28,3)4;1-18-7-3-5-9-25(18)33(26-10-6-4-8-19(26)2)22-14-11-20(12-15-22)21-13-16-23-24(17-21)28(31,32)34-27(23,29)30/h12-25H,1-11H3;9-22H,1-8H3;8-22H,1-7H3;3-17H,1-2H3. The minimum Gasteiger partial charge on any atom is -0.310 e. The predicted octanol–water partition coefficient (Wildman–Crippen LogP) is 38.9. The van der Waals surface area contributed by atoms with Gasteiger partial charge < -0.3 is 19.6 Å². The average molecular weight is 1960 g/mol. The number of alkyl halides is 4. The molecule has 16 aromatic rings. The Bertz CT molecular complexity index is 7470. The smallest absolute Gasteiger partial charge is 0.310 e. The maximum Gasteiger partial charge on any atom is 0.388 e. The molecule has 147 heavy (non-hydrogen) atoms. The molecule has 21 rings (SSSR count). The number of halogens is 5. The lowest BCUT2D eigenvalue weighted by molar-refractivity contribution is -0.369. The van der Waals surface area contributed by atoms with E-state index >= 15 is 4.39 Å². The molecule has 2 aliphatic heterocycles. The zero-order valence-corrected chi connectivity index (χ0v) is 91.0. The van der Waals surface area contributed by atoms with E-state index in [2.05, 4.69) is 464 Å². The van der Waals surface area contributed by atoms with E-state index in [0.29, 0.717) is 11.1 Å². The number of nitrogens with zero attached hydrogens (tertiary/aromatic N) is 5. The number of anilines is 12. The highest BCUT2D eigenvalue weighted by atomic mass is 19.3. The van der Waals surface area contributed by atoms with Gasteiger partial charge in [0, 0.05) is 84.7 Å². The third-order valence-electron chi connectivity index (χ3n) is 36.7. The summed E-state index contributed by atoms with van der Waals surface area (Å²) >= 11 is 0. The van der Waals surface area contributed by atoms with Crippen LogP contribution < -0.4 is 19.6 Å². The molecule has 2 heterocycles. The summed E-state index contributed by atoms with van der Waals surface area (Å²) < 4.78 is 75.1. The summed E-state index contributed by atoms with van der Waals surface area (Å²) in [7, 11) is 2.24. The van der Waals surface area contributed by atoms with Crippen LogP contribution in [0.2, 0.25) is 0 Å². The molecule has 16 aromatic carbocycles. The maximum absolute atomic E-state index is 15.8. The van der Waals surface area contributed by atoms with E-state index in [1.807, 2.05) is 74.5 Å². The molecule has 5 aliphatic rings. The molecule has 6 nitrogen and oxygen atoms in total. The van der Waals surface area contributed by atoms with Crippen molar-refractivity contribution in [3.8, 4) is 44.5 Å². The molecule has 0 saturated heterocycles. The lowest BCUT2D eigenvalue weighted by Gasteiger charge is -2.56. The van der Waals surface area contributed by atoms with Crippen molar-refractivity contribution in [2.75, 3.05) is 26.6 Å². The van der Waals surface area contributed by atoms with Crippen LogP contribution in [0.15, 0.2) is 352 Å². The molecule has 0 atom stereocenters. The first-order valence-electron chi connectivity index (χ1n) is 51.9. The number of hydrogen-bond donors (Lipinski definition) is 0. The van der Waals surface area contributed by atoms with E-state index in [-0.39, 0.29) is 60.2 Å². The van der Waals surface area contributed by atoms with Crippen molar-refractivity contribution in [2.45, 2.75) is 237 Å². The average Bonchev–Trinajstić information content (AvgIpc) is 1.47. The third-order valence-corrected chi connectivity index (χ3v) is 36.7. The van der Waals surface area contributed by atoms with Crippen LogP contribution in [0, 0.1) is 77.5 Å². The van der Waals surface area contributed by atoms with Crippen LogP contribution in [0.4, 0.5) is 90.2 Å². The molecule has 0 radical (unpaired) electrons. The first kappa shape index (κ1) is 103. The molecule has 11 heteroatoms. The molecule has 3 aliphatic carbocycles. The SMILES string of the molecule is Cc1ccccc1N(c1ccc(-c2cc(F)c3c(c2)C(C)(C)C(C)(C)C3(C)C)cc1)c1ccccc1C.Cc1ccccc1N(c1ccc(-c2cc3c4c(c2)C(C)(C)C(C)(C)C4(C)C(C)(C)C3(C)C)cc1)c1ccccc1C.Cc1ccccc1N(c1ccc(-c2ccc3c(c2)C(C)(C)N(C)C3(C)C)cc1)c1ccccc1C.Cc1ccccc1N(c1ccc(-c2ccc3c(c2)C(F)(F)OC3(F)F)cc1)c1ccccc1C. The summed E-state index contributed by atoms with van der Waals surface area (Å²) in [5.41, 5.74) is 39.3. The number of rotatable bonds is 16. The predicted molar refractivity (Wildman–Crippen MR) is 608 cm³/mol. The van der Waals surface area contributed by atoms with Gasteiger partial charge in [-0.1, -0.05) is 334 Å². The Balaban J connectivity index is 0.000000129. The minimum atomic E-state index is -4.04. The van der Waals surface area contributed by atoms with Gasteiger partial charge in [0.15, 0.2) is 0 Å². The highest BCUT2D eigenvalue weighted by molar-refractivity contribution is 5.88. The second-order valence-corrected chi connectivity index (χ2v) is 46.5. The van der Waals surface area contributed by atoms with Crippen LogP contribution in [0.1, 0.15) is 226 Å². The molecule has 0 fully saturated rings. The number of hydrogen-bond acceptors (Lipinski definition) is 6. The quantitative estimate of drug-likeness (QED) is 0.0895. The van der Waals surface area contributed by atoms with E-state index in [4.69, 9.17) is 0 Å². The number of fused-ring (bicyclic) bond motifs is 3. The van der Waals surface area contributed by atoms with Crippen molar-refractivity contribution in [1.29, 1.82) is 0 Å². The number of para-hydroxylation sites is 8. The lowest BCUT2D eigenvalue weighted by Crippen LogP contribution is -2.54. The molecule has 0 aromatic heterocycles. The Kier molecular flexibility index (Phi) is 26.4. The number of ether oxygens (including phenoxy) is 1. The Morgan fingerprint density at radius 3 is 0.714 bits per heavy atom. The summed E-state index contributed by atoms with van der Waals surface area (Å²) in [4.78, 5) is 11.7. The van der Waals surface area contributed by atoms with E-state index in [9.17, 15) is 17.6 Å². The van der Waals surface area contributed by atoms with Gasteiger partial charge in [-0.05, 0) is 377 Å². The van der Waals surface area contributed by atoms with Gasteiger partial charge in [0.05, 0.1) is 11.1 Å². The topological polar surface area (TPSA) is 25.4 Å². The second kappa shape index (κ2) is 37.6. The fourth-order valence-corrected chi connectivity index (χ4v) is 24.7. The van der Waals surface area contributed by atoms with Gasteiger partial charge in [-0.15, -0.1) is 0 Å². The molecular formula is C136H142F5N5O. The highest BCUT2D eigenvalue weighted by Crippen LogP contribution is 2.77. The first-order chi connectivity index (χ1) is 69.3. The van der Waals surface area contributed by atoms with Crippen LogP contribution >= 0.6 is 0 Å².